The molecule has 0 spiro atoms. The van der Waals surface area contributed by atoms with Crippen LogP contribution in [-0.2, 0) is 16.0 Å². The smallest absolute Gasteiger partial charge is 0.506 e. The Balaban J connectivity index is 3.29. The highest BCUT2D eigenvalue weighted by Gasteiger charge is 2.36. The van der Waals surface area contributed by atoms with Crippen molar-refractivity contribution in [3.63, 3.8) is 0 Å². The molecule has 0 amide bonds. The Morgan fingerprint density at radius 2 is 2.05 bits per heavy atom. The van der Waals surface area contributed by atoms with Gasteiger partial charge in [0.1, 0.15) is 11.3 Å². The fourth-order valence-electron chi connectivity index (χ4n) is 1.45. The van der Waals surface area contributed by atoms with Gasteiger partial charge in [-0.05, 0) is 6.92 Å². The number of aromatic nitrogens is 1. The van der Waals surface area contributed by atoms with Crippen LogP contribution in [0.1, 0.15) is 24.6 Å². The topological polar surface area (TPSA) is 68.7 Å². The van der Waals surface area contributed by atoms with Crippen LogP contribution in [0.3, 0.4) is 0 Å². The Morgan fingerprint density at radius 1 is 1.43 bits per heavy atom. The number of alkyl halides is 5. The number of carbonyl (C=O) groups is 1. The number of halogens is 5. The largest absolute Gasteiger partial charge is 0.573 e. The summed E-state index contributed by atoms with van der Waals surface area (Å²) in [4.78, 5) is 14.6. The van der Waals surface area contributed by atoms with Crippen molar-refractivity contribution in [2.45, 2.75) is 26.1 Å². The average Bonchev–Trinajstić information content (AvgIpc) is 2.30. The minimum Gasteiger partial charge on any atom is -0.506 e. The first-order valence-electron chi connectivity index (χ1n) is 5.56. The lowest BCUT2D eigenvalue weighted by molar-refractivity contribution is -0.275. The molecule has 1 heterocycles. The molecule has 0 fully saturated rings. The summed E-state index contributed by atoms with van der Waals surface area (Å²) >= 11 is 0. The van der Waals surface area contributed by atoms with E-state index in [9.17, 15) is 31.9 Å². The van der Waals surface area contributed by atoms with Gasteiger partial charge in [-0.1, -0.05) is 0 Å². The van der Waals surface area contributed by atoms with Crippen molar-refractivity contribution in [1.29, 1.82) is 0 Å². The van der Waals surface area contributed by atoms with Gasteiger partial charge in [0.05, 0.1) is 24.9 Å². The quantitative estimate of drug-likeness (QED) is 0.668. The van der Waals surface area contributed by atoms with Gasteiger partial charge in [-0.3, -0.25) is 9.78 Å². The SMILES string of the molecule is CCOC(=O)Cc1ncc(O)c(C(F)F)c1OC(F)(F)F. The second kappa shape index (κ2) is 6.55. The number of nitrogens with zero attached hydrogens (tertiary/aromatic N) is 1. The highest BCUT2D eigenvalue weighted by molar-refractivity contribution is 5.73. The Bertz CT molecular complexity index is 518. The lowest BCUT2D eigenvalue weighted by atomic mass is 10.1. The average molecular weight is 315 g/mol. The Kier molecular flexibility index (Phi) is 5.28. The summed E-state index contributed by atoms with van der Waals surface area (Å²) in [6.07, 6.45) is -9.03. The minimum atomic E-state index is -5.29. The van der Waals surface area contributed by atoms with Crippen LogP contribution in [0.2, 0.25) is 0 Å². The third kappa shape index (κ3) is 4.72. The predicted octanol–water partition coefficient (Wildman–Crippen LogP) is 2.73. The van der Waals surface area contributed by atoms with E-state index in [0.29, 0.717) is 6.20 Å². The second-order valence-electron chi connectivity index (χ2n) is 3.66. The highest BCUT2D eigenvalue weighted by atomic mass is 19.4. The number of carbonyl (C=O) groups excluding carboxylic acids is 1. The zero-order valence-corrected chi connectivity index (χ0v) is 10.6. The van der Waals surface area contributed by atoms with Crippen molar-refractivity contribution in [3.05, 3.63) is 17.5 Å². The fraction of sp³-hybridized carbons (Fsp3) is 0.455. The number of esters is 1. The van der Waals surface area contributed by atoms with Crippen LogP contribution in [-0.4, -0.2) is 29.0 Å². The van der Waals surface area contributed by atoms with Gasteiger partial charge in [-0.25, -0.2) is 8.78 Å². The van der Waals surface area contributed by atoms with Crippen LogP contribution in [0.4, 0.5) is 22.0 Å². The van der Waals surface area contributed by atoms with E-state index < -0.39 is 47.9 Å². The molecule has 10 heteroatoms. The maximum Gasteiger partial charge on any atom is 0.573 e. The summed E-state index contributed by atoms with van der Waals surface area (Å²) in [5.41, 5.74) is -2.10. The molecule has 21 heavy (non-hydrogen) atoms. The molecule has 0 aromatic carbocycles. The van der Waals surface area contributed by atoms with Gasteiger partial charge in [0.15, 0.2) is 5.75 Å². The molecule has 0 saturated carbocycles. The Morgan fingerprint density at radius 3 is 2.52 bits per heavy atom. The molecule has 0 aliphatic carbocycles. The summed E-state index contributed by atoms with van der Waals surface area (Å²) < 4.78 is 70.4. The summed E-state index contributed by atoms with van der Waals surface area (Å²) in [5, 5.41) is 9.21. The fourth-order valence-corrected chi connectivity index (χ4v) is 1.45. The third-order valence-electron chi connectivity index (χ3n) is 2.18. The molecule has 0 radical (unpaired) electrons. The van der Waals surface area contributed by atoms with Crippen molar-refractivity contribution < 1.29 is 41.3 Å². The van der Waals surface area contributed by atoms with E-state index in [-0.39, 0.29) is 6.61 Å². The molecule has 1 aromatic heterocycles. The molecule has 1 aromatic rings. The second-order valence-corrected chi connectivity index (χ2v) is 3.66. The van der Waals surface area contributed by atoms with Gasteiger partial charge in [0.2, 0.25) is 0 Å². The van der Waals surface area contributed by atoms with Crippen molar-refractivity contribution in [3.8, 4) is 11.5 Å². The molecular weight excluding hydrogens is 305 g/mol. The van der Waals surface area contributed by atoms with E-state index in [0.717, 1.165) is 0 Å². The van der Waals surface area contributed by atoms with E-state index in [1.807, 2.05) is 0 Å². The molecule has 0 aliphatic rings. The summed E-state index contributed by atoms with van der Waals surface area (Å²) in [5.74, 6) is -3.54. The molecule has 0 atom stereocenters. The number of hydrogen-bond donors (Lipinski definition) is 1. The number of hydrogen-bond acceptors (Lipinski definition) is 5. The maximum absolute atomic E-state index is 12.8. The van der Waals surface area contributed by atoms with Gasteiger partial charge in [-0.15, -0.1) is 13.2 Å². The normalized spacial score (nSPS) is 11.6. The van der Waals surface area contributed by atoms with Gasteiger partial charge >= 0.3 is 12.3 Å². The first-order chi connectivity index (χ1) is 9.65. The molecule has 0 aliphatic heterocycles. The number of ether oxygens (including phenoxy) is 2. The number of pyridine rings is 1. The van der Waals surface area contributed by atoms with Crippen LogP contribution >= 0.6 is 0 Å². The molecule has 0 bridgehead atoms. The molecule has 1 rings (SSSR count). The van der Waals surface area contributed by atoms with Crippen LogP contribution in [0.25, 0.3) is 0 Å². The highest BCUT2D eigenvalue weighted by Crippen LogP contribution is 2.40. The Hall–Kier alpha value is -2.13. The van der Waals surface area contributed by atoms with Gasteiger partial charge < -0.3 is 14.6 Å². The van der Waals surface area contributed by atoms with E-state index in [1.165, 1.54) is 6.92 Å². The molecular formula is C11H10F5NO4. The lowest BCUT2D eigenvalue weighted by Gasteiger charge is -2.16. The standard InChI is InChI=1S/C11H10F5NO4/c1-2-20-7(19)3-5-9(21-11(14,15)16)8(10(12)13)6(18)4-17-5/h4,10,18H,2-3H2,1H3. The van der Waals surface area contributed by atoms with Crippen molar-refractivity contribution in [2.75, 3.05) is 6.61 Å². The van der Waals surface area contributed by atoms with E-state index >= 15 is 0 Å². The molecule has 5 nitrogen and oxygen atoms in total. The third-order valence-corrected chi connectivity index (χ3v) is 2.18. The lowest BCUT2D eigenvalue weighted by Crippen LogP contribution is -2.21. The van der Waals surface area contributed by atoms with Gasteiger partial charge in [-0.2, -0.15) is 0 Å². The summed E-state index contributed by atoms with van der Waals surface area (Å²) in [7, 11) is 0. The zero-order chi connectivity index (χ0) is 16.2. The van der Waals surface area contributed by atoms with E-state index in [2.05, 4.69) is 14.5 Å². The first kappa shape index (κ1) is 16.9. The molecule has 118 valence electrons. The van der Waals surface area contributed by atoms with E-state index in [4.69, 9.17) is 0 Å². The first-order valence-corrected chi connectivity index (χ1v) is 5.56. The Labute approximate surface area is 115 Å². The van der Waals surface area contributed by atoms with Gasteiger partial charge in [0, 0.05) is 0 Å². The number of aromatic hydroxyl groups is 1. The van der Waals surface area contributed by atoms with Crippen molar-refractivity contribution in [1.82, 2.24) is 4.98 Å². The van der Waals surface area contributed by atoms with Crippen LogP contribution in [0.15, 0.2) is 6.20 Å². The summed E-state index contributed by atoms with van der Waals surface area (Å²) in [6.45, 7) is 1.41. The zero-order valence-electron chi connectivity index (χ0n) is 10.6. The van der Waals surface area contributed by atoms with Gasteiger partial charge in [0.25, 0.3) is 6.43 Å². The van der Waals surface area contributed by atoms with Crippen LogP contribution in [0.5, 0.6) is 11.5 Å². The molecule has 1 N–H and O–H groups in total. The summed E-state index contributed by atoms with van der Waals surface area (Å²) in [6, 6.07) is 0. The monoisotopic (exact) mass is 315 g/mol. The van der Waals surface area contributed by atoms with Crippen molar-refractivity contribution >= 4 is 5.97 Å². The predicted molar refractivity (Wildman–Crippen MR) is 57.9 cm³/mol. The molecule has 0 unspecified atom stereocenters. The number of rotatable bonds is 5. The minimum absolute atomic E-state index is 0.0475. The van der Waals surface area contributed by atoms with Crippen LogP contribution in [0, 0.1) is 0 Å². The maximum atomic E-state index is 12.8. The van der Waals surface area contributed by atoms with E-state index in [1.54, 1.807) is 0 Å². The molecule has 0 saturated heterocycles. The van der Waals surface area contributed by atoms with Crippen LogP contribution < -0.4 is 4.74 Å². The van der Waals surface area contributed by atoms with Crippen molar-refractivity contribution in [2.24, 2.45) is 0 Å².